The van der Waals surface area contributed by atoms with E-state index in [1.165, 1.54) is 0 Å². The second kappa shape index (κ2) is 6.08. The van der Waals surface area contributed by atoms with Crippen molar-refractivity contribution < 1.29 is 4.42 Å². The quantitative estimate of drug-likeness (QED) is 0.436. The zero-order valence-corrected chi connectivity index (χ0v) is 15.0. The number of halogens is 4. The lowest BCUT2D eigenvalue weighted by molar-refractivity contribution is 0.551. The van der Waals surface area contributed by atoms with Crippen LogP contribution in [0.4, 0.5) is 0 Å². The first-order valence-electron chi connectivity index (χ1n) is 5.79. The van der Waals surface area contributed by atoms with E-state index in [2.05, 4.69) is 41.8 Å². The van der Waals surface area contributed by atoms with Crippen LogP contribution in [0.5, 0.6) is 0 Å². The van der Waals surface area contributed by atoms with E-state index in [0.29, 0.717) is 21.8 Å². The van der Waals surface area contributed by atoms with Crippen molar-refractivity contribution in [2.45, 2.75) is 0 Å². The van der Waals surface area contributed by atoms with Gasteiger partial charge in [-0.25, -0.2) is 9.97 Å². The van der Waals surface area contributed by atoms with Crippen molar-refractivity contribution in [1.29, 1.82) is 0 Å². The van der Waals surface area contributed by atoms with Gasteiger partial charge in [0.25, 0.3) is 0 Å². The van der Waals surface area contributed by atoms with Crippen LogP contribution in [0.3, 0.4) is 0 Å². The van der Waals surface area contributed by atoms with E-state index in [4.69, 9.17) is 27.6 Å². The Morgan fingerprint density at radius 3 is 2.24 bits per heavy atom. The first-order chi connectivity index (χ1) is 10.0. The first-order valence-corrected chi connectivity index (χ1v) is 8.13. The maximum absolute atomic E-state index is 6.27. The molecule has 21 heavy (non-hydrogen) atoms. The lowest BCUT2D eigenvalue weighted by Gasteiger charge is -2.08. The fourth-order valence-corrected chi connectivity index (χ4v) is 3.15. The summed E-state index contributed by atoms with van der Waals surface area (Å²) in [6, 6.07) is 11.1. The van der Waals surface area contributed by atoms with Crippen molar-refractivity contribution in [2.75, 3.05) is 0 Å². The van der Waals surface area contributed by atoms with Crippen LogP contribution >= 0.6 is 55.1 Å². The van der Waals surface area contributed by atoms with Gasteiger partial charge in [-0.1, -0.05) is 51.3 Å². The zero-order chi connectivity index (χ0) is 15.0. The summed E-state index contributed by atoms with van der Waals surface area (Å²) in [5.74, 6) is 0.834. The SMILES string of the molecule is Clc1nc(-c2ccc(Br)o2)nc(Cl)c1-c1cccc(Br)c1. The average molecular weight is 449 g/mol. The monoisotopic (exact) mass is 446 g/mol. The fraction of sp³-hybridized carbons (Fsp3) is 0. The highest BCUT2D eigenvalue weighted by atomic mass is 79.9. The number of furan rings is 1. The standard InChI is InChI=1S/C14H6Br2Cl2N2O/c15-8-3-1-2-7(6-8)11-12(17)19-14(20-13(11)18)9-4-5-10(16)21-9/h1-6H. The van der Waals surface area contributed by atoms with E-state index in [9.17, 15) is 0 Å². The molecule has 0 saturated heterocycles. The molecule has 3 rings (SSSR count). The predicted molar refractivity (Wildman–Crippen MR) is 90.6 cm³/mol. The Hall–Kier alpha value is -0.880. The molecule has 3 aromatic rings. The first kappa shape index (κ1) is 15.0. The van der Waals surface area contributed by atoms with Crippen molar-refractivity contribution in [2.24, 2.45) is 0 Å². The molecule has 0 N–H and O–H groups in total. The summed E-state index contributed by atoms with van der Waals surface area (Å²) in [6.45, 7) is 0. The lowest BCUT2D eigenvalue weighted by atomic mass is 10.1. The normalized spacial score (nSPS) is 10.9. The summed E-state index contributed by atoms with van der Waals surface area (Å²) >= 11 is 19.2. The molecule has 0 atom stereocenters. The lowest BCUT2D eigenvalue weighted by Crippen LogP contribution is -1.94. The number of nitrogens with zero attached hydrogens (tertiary/aromatic N) is 2. The van der Waals surface area contributed by atoms with Crippen LogP contribution in [-0.2, 0) is 0 Å². The van der Waals surface area contributed by atoms with Gasteiger partial charge in [0.15, 0.2) is 16.3 Å². The minimum atomic E-state index is 0.274. The van der Waals surface area contributed by atoms with Crippen LogP contribution in [0.15, 0.2) is 50.0 Å². The number of rotatable bonds is 2. The molecule has 106 valence electrons. The van der Waals surface area contributed by atoms with Crippen molar-refractivity contribution in [3.8, 4) is 22.7 Å². The minimum absolute atomic E-state index is 0.274. The van der Waals surface area contributed by atoms with Gasteiger partial charge in [0, 0.05) is 4.47 Å². The number of hydrogen-bond donors (Lipinski definition) is 0. The Morgan fingerprint density at radius 2 is 1.67 bits per heavy atom. The third kappa shape index (κ3) is 3.16. The van der Waals surface area contributed by atoms with Crippen LogP contribution in [0.25, 0.3) is 22.7 Å². The van der Waals surface area contributed by atoms with Crippen LogP contribution in [0.2, 0.25) is 10.3 Å². The van der Waals surface area contributed by atoms with Gasteiger partial charge in [-0.2, -0.15) is 0 Å². The van der Waals surface area contributed by atoms with E-state index in [0.717, 1.165) is 10.0 Å². The van der Waals surface area contributed by atoms with E-state index in [1.54, 1.807) is 12.1 Å². The van der Waals surface area contributed by atoms with Gasteiger partial charge in [-0.15, -0.1) is 0 Å². The van der Waals surface area contributed by atoms with Gasteiger partial charge < -0.3 is 4.42 Å². The molecule has 0 unspecified atom stereocenters. The molecular weight excluding hydrogens is 443 g/mol. The van der Waals surface area contributed by atoms with Gasteiger partial charge in [-0.3, -0.25) is 0 Å². The van der Waals surface area contributed by atoms with E-state index >= 15 is 0 Å². The summed E-state index contributed by atoms with van der Waals surface area (Å²) in [7, 11) is 0. The van der Waals surface area contributed by atoms with Crippen molar-refractivity contribution in [3.63, 3.8) is 0 Å². The van der Waals surface area contributed by atoms with Crippen LogP contribution in [0.1, 0.15) is 0 Å². The third-order valence-electron chi connectivity index (χ3n) is 2.73. The molecule has 3 nitrogen and oxygen atoms in total. The second-order valence-corrected chi connectivity index (χ2v) is 6.53. The maximum atomic E-state index is 6.27. The molecule has 0 aliphatic rings. The molecule has 0 spiro atoms. The molecule has 1 aromatic carbocycles. The highest BCUT2D eigenvalue weighted by Crippen LogP contribution is 2.35. The van der Waals surface area contributed by atoms with Crippen LogP contribution in [0, 0.1) is 0 Å². The summed E-state index contributed by atoms with van der Waals surface area (Å²) in [4.78, 5) is 8.53. The Balaban J connectivity index is 2.12. The molecule has 0 saturated carbocycles. The van der Waals surface area contributed by atoms with Gasteiger partial charge >= 0.3 is 0 Å². The summed E-state index contributed by atoms with van der Waals surface area (Å²) in [5.41, 5.74) is 1.43. The van der Waals surface area contributed by atoms with Gasteiger partial charge in [0.05, 0.1) is 5.56 Å². The van der Waals surface area contributed by atoms with Crippen LogP contribution < -0.4 is 0 Å². The topological polar surface area (TPSA) is 38.9 Å². The third-order valence-corrected chi connectivity index (χ3v) is 4.19. The average Bonchev–Trinajstić information content (AvgIpc) is 2.85. The molecule has 0 aliphatic heterocycles. The maximum Gasteiger partial charge on any atom is 0.198 e. The summed E-state index contributed by atoms with van der Waals surface area (Å²) < 4.78 is 6.92. The van der Waals surface area contributed by atoms with Gasteiger partial charge in [-0.05, 0) is 45.8 Å². The van der Waals surface area contributed by atoms with E-state index in [-0.39, 0.29) is 10.3 Å². The predicted octanol–water partition coefficient (Wildman–Crippen LogP) is 6.24. The van der Waals surface area contributed by atoms with Crippen molar-refractivity contribution in [1.82, 2.24) is 9.97 Å². The Kier molecular flexibility index (Phi) is 4.36. The fourth-order valence-electron chi connectivity index (χ4n) is 1.83. The molecule has 2 aromatic heterocycles. The van der Waals surface area contributed by atoms with Crippen molar-refractivity contribution in [3.05, 3.63) is 55.8 Å². The second-order valence-electron chi connectivity index (χ2n) is 4.12. The largest absolute Gasteiger partial charge is 0.446 e. The minimum Gasteiger partial charge on any atom is -0.446 e. The molecule has 2 heterocycles. The Labute approximate surface area is 147 Å². The smallest absolute Gasteiger partial charge is 0.198 e. The molecule has 0 aliphatic carbocycles. The Morgan fingerprint density at radius 1 is 0.952 bits per heavy atom. The molecule has 0 bridgehead atoms. The molecule has 7 heteroatoms. The highest BCUT2D eigenvalue weighted by molar-refractivity contribution is 9.10. The summed E-state index contributed by atoms with van der Waals surface area (Å²) in [6.07, 6.45) is 0. The van der Waals surface area contributed by atoms with Gasteiger partial charge in [0.1, 0.15) is 10.3 Å². The Bertz CT molecular complexity index is 797. The molecule has 0 radical (unpaired) electrons. The number of aromatic nitrogens is 2. The number of benzene rings is 1. The van der Waals surface area contributed by atoms with Gasteiger partial charge in [0.2, 0.25) is 0 Å². The molecule has 0 fully saturated rings. The van der Waals surface area contributed by atoms with Crippen LogP contribution in [-0.4, -0.2) is 9.97 Å². The number of hydrogen-bond acceptors (Lipinski definition) is 3. The summed E-state index contributed by atoms with van der Waals surface area (Å²) in [5, 5.41) is 0.547. The zero-order valence-electron chi connectivity index (χ0n) is 10.3. The molecular formula is C14H6Br2Cl2N2O. The highest BCUT2D eigenvalue weighted by Gasteiger charge is 2.16. The van der Waals surface area contributed by atoms with Crippen molar-refractivity contribution >= 4 is 55.1 Å². The van der Waals surface area contributed by atoms with E-state index in [1.807, 2.05) is 24.3 Å². The molecule has 0 amide bonds. The van der Waals surface area contributed by atoms with E-state index < -0.39 is 0 Å².